The van der Waals surface area contributed by atoms with E-state index in [0.29, 0.717) is 18.8 Å². The molecule has 35 heavy (non-hydrogen) atoms. The molecule has 198 valence electrons. The van der Waals surface area contributed by atoms with Crippen LogP contribution in [0.1, 0.15) is 79.6 Å². The number of hydrogen-bond donors (Lipinski definition) is 2. The molecule has 1 aliphatic carbocycles. The second kappa shape index (κ2) is 9.95. The number of ether oxygens (including phenoxy) is 3. The molecule has 10 atom stereocenters. The minimum Gasteiger partial charge on any atom is -0.480 e. The molecule has 0 aromatic rings. The van der Waals surface area contributed by atoms with Crippen LogP contribution in [-0.4, -0.2) is 53.0 Å². The van der Waals surface area contributed by atoms with E-state index >= 15 is 0 Å². The van der Waals surface area contributed by atoms with Gasteiger partial charge in [-0.1, -0.05) is 34.1 Å². The quantitative estimate of drug-likeness (QED) is 0.384. The number of hydrogen-bond acceptors (Lipinski definition) is 8. The smallest absolute Gasteiger partial charge is 0.326 e. The third kappa shape index (κ3) is 4.82. The number of carbonyl (C=O) groups is 3. The van der Waals surface area contributed by atoms with Crippen LogP contribution < -0.4 is 5.32 Å². The molecule has 0 radical (unpaired) electrons. The molecule has 2 bridgehead atoms. The van der Waals surface area contributed by atoms with Gasteiger partial charge in [0.2, 0.25) is 18.0 Å². The highest BCUT2D eigenvalue weighted by Gasteiger charge is 2.69. The Labute approximate surface area is 206 Å². The Morgan fingerprint density at radius 2 is 1.86 bits per heavy atom. The Hall–Kier alpha value is -1.75. The van der Waals surface area contributed by atoms with Crippen LogP contribution in [0.2, 0.25) is 0 Å². The predicted octanol–water partition coefficient (Wildman–Crippen LogP) is 3.13. The second-order valence-electron chi connectivity index (χ2n) is 11.0. The molecule has 0 aromatic carbocycles. The van der Waals surface area contributed by atoms with Gasteiger partial charge in [-0.05, 0) is 43.9 Å². The van der Waals surface area contributed by atoms with Gasteiger partial charge in [0.1, 0.15) is 6.04 Å². The summed E-state index contributed by atoms with van der Waals surface area (Å²) in [5.74, 6) is -2.80. The van der Waals surface area contributed by atoms with Crippen molar-refractivity contribution in [3.63, 3.8) is 0 Å². The fourth-order valence-corrected chi connectivity index (χ4v) is 6.34. The molecule has 1 spiro atoms. The maximum absolute atomic E-state index is 12.7. The maximum atomic E-state index is 12.7. The van der Waals surface area contributed by atoms with Crippen molar-refractivity contribution >= 4 is 17.8 Å². The summed E-state index contributed by atoms with van der Waals surface area (Å²) < 4.78 is 18.2. The molecule has 1 saturated carbocycles. The summed E-state index contributed by atoms with van der Waals surface area (Å²) in [4.78, 5) is 48.3. The van der Waals surface area contributed by atoms with Crippen molar-refractivity contribution in [2.45, 2.75) is 110 Å². The van der Waals surface area contributed by atoms with Crippen molar-refractivity contribution < 1.29 is 43.5 Å². The maximum Gasteiger partial charge on any atom is 0.326 e. The van der Waals surface area contributed by atoms with Gasteiger partial charge in [-0.3, -0.25) is 9.59 Å². The van der Waals surface area contributed by atoms with Crippen LogP contribution in [0.4, 0.5) is 0 Å². The lowest BCUT2D eigenvalue weighted by Crippen LogP contribution is -2.70. The molecule has 10 nitrogen and oxygen atoms in total. The molecular formula is C25H39NO9. The number of nitrogens with one attached hydrogen (secondary N) is 1. The van der Waals surface area contributed by atoms with Gasteiger partial charge in [-0.15, -0.1) is 0 Å². The zero-order chi connectivity index (χ0) is 25.5. The van der Waals surface area contributed by atoms with E-state index in [0.717, 1.165) is 19.3 Å². The SMILES string of the molecule is CC[C@H](C)[C@@H](NC(=O)CCC(=O)O[C@@H]1O[C@@H]2O[C@]3(C)CC[C@H]4[C@H](C)CC[C@@H]([C@H]1C)[C@@]24OO3)C(=O)O. The zero-order valence-corrected chi connectivity index (χ0v) is 21.3. The van der Waals surface area contributed by atoms with Gasteiger partial charge in [0, 0.05) is 24.7 Å². The average molecular weight is 498 g/mol. The van der Waals surface area contributed by atoms with Gasteiger partial charge in [0.05, 0.1) is 6.42 Å². The molecule has 0 aromatic heterocycles. The number of carboxylic acids is 1. The molecular weight excluding hydrogens is 458 g/mol. The topological polar surface area (TPSA) is 130 Å². The summed E-state index contributed by atoms with van der Waals surface area (Å²) in [5, 5.41) is 11.9. The lowest BCUT2D eigenvalue weighted by atomic mass is 9.58. The molecule has 4 saturated heterocycles. The lowest BCUT2D eigenvalue weighted by Gasteiger charge is -2.59. The Kier molecular flexibility index (Phi) is 7.48. The highest BCUT2D eigenvalue weighted by molar-refractivity contribution is 5.85. The summed E-state index contributed by atoms with van der Waals surface area (Å²) in [6, 6.07) is -0.991. The Bertz CT molecular complexity index is 836. The third-order valence-electron chi connectivity index (χ3n) is 8.70. The number of fused-ring (bicyclic) bond motifs is 2. The molecule has 4 heterocycles. The first-order valence-electron chi connectivity index (χ1n) is 12.9. The van der Waals surface area contributed by atoms with Crippen molar-refractivity contribution in [2.24, 2.45) is 29.6 Å². The molecule has 5 fully saturated rings. The molecule has 2 N–H and O–H groups in total. The van der Waals surface area contributed by atoms with E-state index in [1.807, 2.05) is 20.8 Å². The first kappa shape index (κ1) is 26.3. The van der Waals surface area contributed by atoms with E-state index in [1.54, 1.807) is 6.92 Å². The Morgan fingerprint density at radius 1 is 1.11 bits per heavy atom. The fourth-order valence-electron chi connectivity index (χ4n) is 6.34. The van der Waals surface area contributed by atoms with Crippen LogP contribution in [0.5, 0.6) is 0 Å². The van der Waals surface area contributed by atoms with Crippen LogP contribution in [0.3, 0.4) is 0 Å². The number of amides is 1. The number of carbonyl (C=O) groups excluding carboxylic acids is 2. The number of aliphatic carboxylic acids is 1. The van der Waals surface area contributed by atoms with E-state index in [-0.39, 0.29) is 36.5 Å². The molecule has 4 aliphatic heterocycles. The van der Waals surface area contributed by atoms with E-state index in [9.17, 15) is 19.5 Å². The fraction of sp³-hybridized carbons (Fsp3) is 0.880. The normalized spacial score (nSPS) is 41.7. The highest BCUT2D eigenvalue weighted by Crippen LogP contribution is 2.60. The van der Waals surface area contributed by atoms with E-state index in [4.69, 9.17) is 24.0 Å². The van der Waals surface area contributed by atoms with Crippen molar-refractivity contribution in [1.82, 2.24) is 5.32 Å². The Morgan fingerprint density at radius 3 is 2.54 bits per heavy atom. The van der Waals surface area contributed by atoms with Crippen molar-refractivity contribution in [1.29, 1.82) is 0 Å². The van der Waals surface area contributed by atoms with Gasteiger partial charge in [-0.25, -0.2) is 14.6 Å². The van der Waals surface area contributed by atoms with Gasteiger partial charge in [-0.2, -0.15) is 0 Å². The third-order valence-corrected chi connectivity index (χ3v) is 8.70. The second-order valence-corrected chi connectivity index (χ2v) is 11.0. The minimum atomic E-state index is -1.09. The van der Waals surface area contributed by atoms with Crippen LogP contribution in [0.15, 0.2) is 0 Å². The molecule has 5 rings (SSSR count). The summed E-state index contributed by atoms with van der Waals surface area (Å²) in [5.41, 5.74) is -0.738. The monoisotopic (exact) mass is 497 g/mol. The highest BCUT2D eigenvalue weighted by atomic mass is 17.3. The standard InChI is InChI=1S/C25H39NO9/c1-6-13(2)20(21(29)30)26-18(27)9-10-19(28)31-22-15(4)17-8-7-14(3)16-11-12-24(5)33-23(32-22)25(16,17)35-34-24/h13-17,20,22-23H,6-12H2,1-5H3,(H,26,27)(H,29,30)/t13-,14+,15+,16-,17-,20+,22+,23+,24-,25+/m0/s1. The van der Waals surface area contributed by atoms with Crippen LogP contribution >= 0.6 is 0 Å². The van der Waals surface area contributed by atoms with Crippen molar-refractivity contribution in [3.8, 4) is 0 Å². The predicted molar refractivity (Wildman–Crippen MR) is 121 cm³/mol. The van der Waals surface area contributed by atoms with Gasteiger partial charge >= 0.3 is 11.9 Å². The number of esters is 1. The Balaban J connectivity index is 1.39. The minimum absolute atomic E-state index is 0.0260. The first-order valence-corrected chi connectivity index (χ1v) is 12.9. The number of rotatable bonds is 8. The first-order chi connectivity index (χ1) is 16.5. The summed E-state index contributed by atoms with van der Waals surface area (Å²) in [7, 11) is 0. The average Bonchev–Trinajstić information content (AvgIpc) is 3.04. The summed E-state index contributed by atoms with van der Waals surface area (Å²) in [6.07, 6.45) is 2.23. The van der Waals surface area contributed by atoms with Gasteiger partial charge < -0.3 is 24.6 Å². The lowest BCUT2D eigenvalue weighted by molar-refractivity contribution is -0.576. The molecule has 5 aliphatic rings. The van der Waals surface area contributed by atoms with E-state index < -0.39 is 47.9 Å². The van der Waals surface area contributed by atoms with Gasteiger partial charge in [0.15, 0.2) is 11.9 Å². The van der Waals surface area contributed by atoms with Gasteiger partial charge in [0.25, 0.3) is 0 Å². The largest absolute Gasteiger partial charge is 0.480 e. The van der Waals surface area contributed by atoms with Crippen molar-refractivity contribution in [2.75, 3.05) is 0 Å². The van der Waals surface area contributed by atoms with Crippen LogP contribution in [0.25, 0.3) is 0 Å². The summed E-state index contributed by atoms with van der Waals surface area (Å²) in [6.45, 7) is 9.67. The van der Waals surface area contributed by atoms with Crippen LogP contribution in [-0.2, 0) is 38.4 Å². The molecule has 1 amide bonds. The van der Waals surface area contributed by atoms with Crippen LogP contribution in [0, 0.1) is 29.6 Å². The van der Waals surface area contributed by atoms with E-state index in [2.05, 4.69) is 12.2 Å². The van der Waals surface area contributed by atoms with E-state index in [1.165, 1.54) is 0 Å². The molecule has 10 heteroatoms. The molecule has 0 unspecified atom stereocenters. The summed E-state index contributed by atoms with van der Waals surface area (Å²) >= 11 is 0. The number of carboxylic acid groups (broad SMARTS) is 1. The zero-order valence-electron chi connectivity index (χ0n) is 21.3. The van der Waals surface area contributed by atoms with Crippen molar-refractivity contribution in [3.05, 3.63) is 0 Å².